The number of anilines is 10. The zero-order valence-electron chi connectivity index (χ0n) is 58.2. The van der Waals surface area contributed by atoms with Crippen LogP contribution < -0.4 is 19.6 Å². The molecule has 12 aromatic rings. The minimum absolute atomic E-state index is 0. The second-order valence-electron chi connectivity index (χ2n) is 23.3. The van der Waals surface area contributed by atoms with Crippen molar-refractivity contribution >= 4 is 57.0 Å². The van der Waals surface area contributed by atoms with Crippen molar-refractivity contribution in [2.24, 2.45) is 0 Å². The summed E-state index contributed by atoms with van der Waals surface area (Å²) in [6, 6.07) is 65.8. The van der Waals surface area contributed by atoms with E-state index in [0.29, 0.717) is 39.8 Å². The van der Waals surface area contributed by atoms with Gasteiger partial charge in [-0.2, -0.15) is 6.07 Å². The SMILES string of the molecule is [2H]c1c([2H])c([2H])c(-c2cc(C(C)(C)C)cc(-c3c([2H])c([2H])c([2H])c([2H])c3[2H])c2N2[CH-]N(c3[c-]c(N(c4[c-]c5c(cc4)-c4ccccc4-c4cc(-c6cccnc6)ccc4N5c4cc(C(C)(C)C)ccn4)c4ccccc4)cc(-c4ccccc4)c3)c3ccccc32)c([2H])c1[2H].[Pt]. The molecule has 6 nitrogen and oxygen atoms in total. The molecule has 14 rings (SSSR count). The third kappa shape index (κ3) is 10.4. The summed E-state index contributed by atoms with van der Waals surface area (Å²) in [7, 11) is 0. The third-order valence-electron chi connectivity index (χ3n) is 15.8. The zero-order chi connectivity index (χ0) is 66.5. The van der Waals surface area contributed by atoms with Crippen molar-refractivity contribution in [3.8, 4) is 66.8 Å². The van der Waals surface area contributed by atoms with E-state index < -0.39 is 65.8 Å². The normalized spacial score (nSPS) is 14.2. The number of nitrogens with zero attached hydrogens (tertiary/aromatic N) is 6. The van der Waals surface area contributed by atoms with E-state index in [1.165, 1.54) is 0 Å². The van der Waals surface area contributed by atoms with Gasteiger partial charge in [0.15, 0.2) is 0 Å². The molecule has 4 heterocycles. The van der Waals surface area contributed by atoms with E-state index in [0.717, 1.165) is 67.1 Å². The molecule has 0 saturated heterocycles. The van der Waals surface area contributed by atoms with Crippen molar-refractivity contribution in [1.82, 2.24) is 9.97 Å². The summed E-state index contributed by atoms with van der Waals surface area (Å²) >= 11 is 0. The maximum Gasteiger partial charge on any atom is 0.135 e. The van der Waals surface area contributed by atoms with Crippen molar-refractivity contribution in [1.29, 1.82) is 0 Å². The number of benzene rings is 10. The second-order valence-corrected chi connectivity index (χ2v) is 23.3. The van der Waals surface area contributed by atoms with Gasteiger partial charge in [0.1, 0.15) is 5.82 Å². The van der Waals surface area contributed by atoms with Crippen molar-refractivity contribution < 1.29 is 34.8 Å². The van der Waals surface area contributed by atoms with Crippen molar-refractivity contribution in [2.75, 3.05) is 19.6 Å². The smallest absolute Gasteiger partial charge is 0.135 e. The summed E-state index contributed by atoms with van der Waals surface area (Å²) in [5, 5.41) is 0. The first kappa shape index (κ1) is 44.8. The Balaban J connectivity index is 0.00000833. The minimum Gasteiger partial charge on any atom is -0.493 e. The number of para-hydroxylation sites is 3. The third-order valence-corrected chi connectivity index (χ3v) is 15.8. The van der Waals surface area contributed by atoms with Gasteiger partial charge in [0.05, 0.1) is 19.4 Å². The molecule has 7 heteroatoms. The molecule has 0 fully saturated rings. The van der Waals surface area contributed by atoms with Crippen LogP contribution >= 0.6 is 0 Å². The molecule has 10 aromatic carbocycles. The second kappa shape index (κ2) is 22.8. The van der Waals surface area contributed by atoms with E-state index in [-0.39, 0.29) is 54.4 Å². The molecule has 0 spiro atoms. The molecule has 2 aliphatic rings. The predicted molar refractivity (Wildman–Crippen MR) is 354 cm³/mol. The van der Waals surface area contributed by atoms with Gasteiger partial charge in [-0.05, 0) is 117 Å². The number of pyridine rings is 2. The topological polar surface area (TPSA) is 38.7 Å². The summed E-state index contributed by atoms with van der Waals surface area (Å²) in [5.41, 5.74) is 14.6. The zero-order valence-corrected chi connectivity index (χ0v) is 50.5. The molecular weight excluding hydrogens is 1230 g/mol. The molecule has 2 aromatic heterocycles. The van der Waals surface area contributed by atoms with Crippen molar-refractivity contribution in [3.05, 3.63) is 297 Å². The van der Waals surface area contributed by atoms with Crippen LogP contribution in [-0.2, 0) is 31.9 Å². The first-order valence-electron chi connectivity index (χ1n) is 33.4. The number of aromatic nitrogens is 2. The molecule has 0 saturated carbocycles. The molecule has 0 N–H and O–H groups in total. The Morgan fingerprint density at radius 3 is 1.71 bits per heavy atom. The van der Waals surface area contributed by atoms with Gasteiger partial charge >= 0.3 is 0 Å². The van der Waals surface area contributed by atoms with Crippen LogP contribution in [0.25, 0.3) is 66.8 Å². The van der Waals surface area contributed by atoms with Crippen LogP contribution in [0.1, 0.15) is 66.4 Å². The minimum atomic E-state index is -0.671. The van der Waals surface area contributed by atoms with E-state index in [1.54, 1.807) is 18.3 Å². The summed E-state index contributed by atoms with van der Waals surface area (Å²) in [4.78, 5) is 17.8. The van der Waals surface area contributed by atoms with Gasteiger partial charge in [0.25, 0.3) is 0 Å². The van der Waals surface area contributed by atoms with Gasteiger partial charge in [-0.25, -0.2) is 4.98 Å². The first-order valence-corrected chi connectivity index (χ1v) is 28.4. The van der Waals surface area contributed by atoms with E-state index in [1.807, 2.05) is 116 Å². The van der Waals surface area contributed by atoms with E-state index in [2.05, 4.69) is 157 Å². The molecule has 0 aliphatic carbocycles. The summed E-state index contributed by atoms with van der Waals surface area (Å²) in [6.45, 7) is 14.3. The Hall–Kier alpha value is -9.61. The van der Waals surface area contributed by atoms with E-state index >= 15 is 0 Å². The molecule has 0 radical (unpaired) electrons. The van der Waals surface area contributed by atoms with Crippen LogP contribution in [0.15, 0.2) is 267 Å². The number of hydrogen-bond donors (Lipinski definition) is 0. The Labute approximate surface area is 534 Å². The molecule has 0 unspecified atom stereocenters. The maximum absolute atomic E-state index is 9.51. The molecule has 86 heavy (non-hydrogen) atoms. The van der Waals surface area contributed by atoms with Gasteiger partial charge in [-0.15, -0.1) is 53.8 Å². The first-order chi connectivity index (χ1) is 45.6. The molecular formula is C79H63N6Pt-3. The fraction of sp³-hybridized carbons (Fsp3) is 0.101. The van der Waals surface area contributed by atoms with Crippen LogP contribution in [-0.4, -0.2) is 9.97 Å². The number of fused-ring (bicyclic) bond motifs is 6. The Morgan fingerprint density at radius 1 is 0.442 bits per heavy atom. The Bertz CT molecular complexity index is 4910. The maximum atomic E-state index is 9.51. The van der Waals surface area contributed by atoms with Gasteiger partial charge < -0.3 is 19.6 Å². The molecule has 0 bridgehead atoms. The van der Waals surface area contributed by atoms with Gasteiger partial charge in [-0.1, -0.05) is 222 Å². The largest absolute Gasteiger partial charge is 0.493 e. The van der Waals surface area contributed by atoms with Crippen LogP contribution in [0, 0.1) is 18.8 Å². The fourth-order valence-electron chi connectivity index (χ4n) is 11.5. The molecule has 0 atom stereocenters. The van der Waals surface area contributed by atoms with E-state index in [4.69, 9.17) is 13.2 Å². The van der Waals surface area contributed by atoms with Crippen molar-refractivity contribution in [2.45, 2.75) is 52.4 Å². The predicted octanol–water partition coefficient (Wildman–Crippen LogP) is 21.3. The summed E-state index contributed by atoms with van der Waals surface area (Å²) < 4.78 is 91.3. The number of hydrogen-bond acceptors (Lipinski definition) is 6. The van der Waals surface area contributed by atoms with E-state index in [9.17, 15) is 5.48 Å². The van der Waals surface area contributed by atoms with Gasteiger partial charge in [0, 0.05) is 84.7 Å². The molecule has 422 valence electrons. The Morgan fingerprint density at radius 2 is 1.06 bits per heavy atom. The molecule has 2 aliphatic heterocycles. The Kier molecular flexibility index (Phi) is 11.9. The van der Waals surface area contributed by atoms with Crippen LogP contribution in [0.3, 0.4) is 0 Å². The van der Waals surface area contributed by atoms with Crippen molar-refractivity contribution in [3.63, 3.8) is 0 Å². The number of rotatable bonds is 10. The van der Waals surface area contributed by atoms with Crippen LogP contribution in [0.4, 0.5) is 57.0 Å². The van der Waals surface area contributed by atoms with Crippen LogP contribution in [0.5, 0.6) is 0 Å². The van der Waals surface area contributed by atoms with Crippen LogP contribution in [0.2, 0.25) is 0 Å². The van der Waals surface area contributed by atoms with Gasteiger partial charge in [0.2, 0.25) is 0 Å². The average molecular weight is 1300 g/mol. The summed E-state index contributed by atoms with van der Waals surface area (Å²) in [6.07, 6.45) is 5.55. The summed E-state index contributed by atoms with van der Waals surface area (Å²) in [5.74, 6) is 0.715. The quantitative estimate of drug-likeness (QED) is 0.127. The average Bonchev–Trinajstić information content (AvgIpc) is 1.32. The van der Waals surface area contributed by atoms with Gasteiger partial charge in [-0.3, -0.25) is 4.98 Å². The standard InChI is InChI=1S/C79H63N6.Pt/c1-78(2,3)60-41-43-81-76(49-60)85-72-40-37-57(58-30-23-42-80-52-58)46-71(72)67-34-20-19-33-66(67)68-39-38-63(51-75(68)85)84(62-31-17-10-18-32-62)65-45-59(54-24-11-7-12-25-54)44-64(50-65)82-53-83(74-36-22-21-35-73(74)82)77-69(55-26-13-8-14-27-55)47-61(79(4,5)6)48-70(77)56-28-15-9-16-29-56;/h7-49,52-53H,1-6H3;/q-3;/i8D,9D,13D,14D,15D,16D,26D,27D,28D,29D;. The molecule has 0 amide bonds. The monoisotopic (exact) mass is 1300 g/mol. The fourth-order valence-corrected chi connectivity index (χ4v) is 11.5.